The van der Waals surface area contributed by atoms with Crippen LogP contribution < -0.4 is 4.43 Å². The lowest BCUT2D eigenvalue weighted by atomic mass is 10.2. The number of rotatable bonds is 7. The zero-order valence-electron chi connectivity index (χ0n) is 15.4. The molecule has 0 spiro atoms. The summed E-state index contributed by atoms with van der Waals surface area (Å²) in [6, 6.07) is 3.95. The molecule has 0 aromatic carbocycles. The molecule has 3 nitrogen and oxygen atoms in total. The van der Waals surface area contributed by atoms with Crippen molar-refractivity contribution in [2.45, 2.75) is 78.4 Å². The molecule has 1 heterocycles. The van der Waals surface area contributed by atoms with Gasteiger partial charge in [0.25, 0.3) is 8.32 Å². The molecule has 0 radical (unpaired) electrons. The first-order chi connectivity index (χ1) is 10.1. The fourth-order valence-corrected chi connectivity index (χ4v) is 8.90. The molecule has 0 bridgehead atoms. The third-order valence-electron chi connectivity index (χ3n) is 4.41. The Morgan fingerprint density at radius 2 is 1.59 bits per heavy atom. The number of carbonyl (C=O) groups excluding carboxylic acids is 1. The van der Waals surface area contributed by atoms with Crippen molar-refractivity contribution in [2.75, 3.05) is 0 Å². The predicted octanol–water partition coefficient (Wildman–Crippen LogP) is 5.08. The second-order valence-corrected chi connectivity index (χ2v) is 12.6. The number of aryl methyl sites for hydroxylation is 1. The van der Waals surface area contributed by atoms with Gasteiger partial charge in [0.2, 0.25) is 0 Å². The largest absolute Gasteiger partial charge is 0.543 e. The Morgan fingerprint density at radius 1 is 1.09 bits per heavy atom. The van der Waals surface area contributed by atoms with Crippen LogP contribution >= 0.6 is 0 Å². The van der Waals surface area contributed by atoms with Crippen LogP contribution in [0.15, 0.2) is 12.1 Å². The van der Waals surface area contributed by atoms with Crippen LogP contribution in [0.4, 0.5) is 0 Å². The Labute approximate surface area is 136 Å². The van der Waals surface area contributed by atoms with Gasteiger partial charge >= 0.3 is 0 Å². The summed E-state index contributed by atoms with van der Waals surface area (Å²) < 4.78 is 6.68. The second-order valence-electron chi connectivity index (χ2n) is 7.23. The highest BCUT2D eigenvalue weighted by molar-refractivity contribution is 6.78. The molecule has 0 aliphatic heterocycles. The van der Waals surface area contributed by atoms with Crippen molar-refractivity contribution in [3.05, 3.63) is 23.5 Å². The van der Waals surface area contributed by atoms with Crippen LogP contribution in [0.1, 0.15) is 59.9 Å². The SMILES string of the molecule is CC(=O)Cc1cc(O[Si](C(C)C)(C(C)C)C(C)C)cc(C)n1. The molecule has 4 heteroatoms. The Morgan fingerprint density at radius 3 is 2.00 bits per heavy atom. The van der Waals surface area contributed by atoms with Gasteiger partial charge in [-0.15, -0.1) is 0 Å². The standard InChI is InChI=1S/C18H31NO2Si/c1-12(2)22(13(3)4,14(5)6)21-18-9-15(7)19-17(11-18)10-16(8)20/h9,11-14H,10H2,1-8H3. The van der Waals surface area contributed by atoms with Crippen LogP contribution in [-0.4, -0.2) is 19.1 Å². The Balaban J connectivity index is 3.24. The Kier molecular flexibility index (Phi) is 6.35. The molecule has 0 saturated carbocycles. The first-order valence-electron chi connectivity index (χ1n) is 8.25. The van der Waals surface area contributed by atoms with Crippen molar-refractivity contribution in [1.29, 1.82) is 0 Å². The Hall–Kier alpha value is -1.16. The second kappa shape index (κ2) is 7.40. The molecule has 0 saturated heterocycles. The molecule has 1 aromatic rings. The Bertz CT molecular complexity index is 502. The van der Waals surface area contributed by atoms with E-state index in [1.165, 1.54) is 0 Å². The summed E-state index contributed by atoms with van der Waals surface area (Å²) in [4.78, 5) is 15.8. The van der Waals surface area contributed by atoms with Gasteiger partial charge in [0.05, 0.1) is 5.69 Å². The number of nitrogens with zero attached hydrogens (tertiary/aromatic N) is 1. The molecule has 0 fully saturated rings. The molecule has 1 aromatic heterocycles. The summed E-state index contributed by atoms with van der Waals surface area (Å²) >= 11 is 0. The van der Waals surface area contributed by atoms with Gasteiger partial charge in [-0.2, -0.15) is 0 Å². The van der Waals surface area contributed by atoms with E-state index in [2.05, 4.69) is 46.5 Å². The van der Waals surface area contributed by atoms with Gasteiger partial charge in [0.1, 0.15) is 11.5 Å². The molecule has 0 aliphatic carbocycles. The van der Waals surface area contributed by atoms with Gasteiger partial charge in [-0.3, -0.25) is 9.78 Å². The van der Waals surface area contributed by atoms with Crippen molar-refractivity contribution in [3.63, 3.8) is 0 Å². The predicted molar refractivity (Wildman–Crippen MR) is 95.0 cm³/mol. The van der Waals surface area contributed by atoms with E-state index in [1.807, 2.05) is 19.1 Å². The number of hydrogen-bond acceptors (Lipinski definition) is 3. The number of hydrogen-bond donors (Lipinski definition) is 0. The van der Waals surface area contributed by atoms with E-state index in [4.69, 9.17) is 4.43 Å². The van der Waals surface area contributed by atoms with E-state index in [0.29, 0.717) is 23.0 Å². The van der Waals surface area contributed by atoms with Gasteiger partial charge in [0, 0.05) is 18.2 Å². The summed E-state index contributed by atoms with van der Waals surface area (Å²) in [5.74, 6) is 1.01. The summed E-state index contributed by atoms with van der Waals surface area (Å²) in [5.41, 5.74) is 3.29. The van der Waals surface area contributed by atoms with Gasteiger partial charge in [-0.1, -0.05) is 41.5 Å². The van der Waals surface area contributed by atoms with E-state index >= 15 is 0 Å². The minimum Gasteiger partial charge on any atom is -0.543 e. The minimum absolute atomic E-state index is 0.129. The maximum atomic E-state index is 11.4. The number of Topliss-reactive ketones (excluding diaryl/α,β-unsaturated/α-hetero) is 1. The highest BCUT2D eigenvalue weighted by Crippen LogP contribution is 2.42. The molecule has 0 N–H and O–H groups in total. The van der Waals surface area contributed by atoms with Gasteiger partial charge in [-0.25, -0.2) is 0 Å². The molecule has 1 rings (SSSR count). The van der Waals surface area contributed by atoms with Gasteiger partial charge < -0.3 is 4.43 Å². The average Bonchev–Trinajstić information content (AvgIpc) is 2.32. The smallest absolute Gasteiger partial charge is 0.258 e. The van der Waals surface area contributed by atoms with Crippen LogP contribution in [-0.2, 0) is 11.2 Å². The monoisotopic (exact) mass is 321 g/mol. The summed E-state index contributed by atoms with van der Waals surface area (Å²) in [6.07, 6.45) is 0.373. The number of carbonyl (C=O) groups is 1. The zero-order valence-corrected chi connectivity index (χ0v) is 16.4. The topological polar surface area (TPSA) is 39.2 Å². The van der Waals surface area contributed by atoms with Crippen LogP contribution in [0.3, 0.4) is 0 Å². The van der Waals surface area contributed by atoms with E-state index < -0.39 is 8.32 Å². The van der Waals surface area contributed by atoms with E-state index in [1.54, 1.807) is 6.92 Å². The van der Waals surface area contributed by atoms with Gasteiger partial charge in [0.15, 0.2) is 0 Å². The van der Waals surface area contributed by atoms with E-state index in [0.717, 1.165) is 17.1 Å². The van der Waals surface area contributed by atoms with E-state index in [-0.39, 0.29) is 5.78 Å². The lowest BCUT2D eigenvalue weighted by Crippen LogP contribution is -2.50. The third-order valence-corrected chi connectivity index (χ3v) is 10.4. The van der Waals surface area contributed by atoms with Crippen molar-refractivity contribution in [2.24, 2.45) is 0 Å². The van der Waals surface area contributed by atoms with Crippen LogP contribution in [0.2, 0.25) is 16.6 Å². The summed E-state index contributed by atoms with van der Waals surface area (Å²) in [5, 5.41) is 0. The van der Waals surface area contributed by atoms with Gasteiger partial charge in [-0.05, 0) is 36.5 Å². The molecular weight excluding hydrogens is 290 g/mol. The van der Waals surface area contributed by atoms with Crippen LogP contribution in [0.5, 0.6) is 5.75 Å². The molecule has 0 unspecified atom stereocenters. The molecular formula is C18H31NO2Si. The van der Waals surface area contributed by atoms with Crippen molar-refractivity contribution < 1.29 is 9.22 Å². The normalized spacial score (nSPS) is 12.3. The summed E-state index contributed by atoms with van der Waals surface area (Å²) in [7, 11) is -1.97. The molecule has 0 amide bonds. The van der Waals surface area contributed by atoms with Crippen molar-refractivity contribution >= 4 is 14.1 Å². The lowest BCUT2D eigenvalue weighted by molar-refractivity contribution is -0.116. The van der Waals surface area contributed by atoms with Crippen LogP contribution in [0, 0.1) is 6.92 Å². The maximum absolute atomic E-state index is 11.4. The number of aromatic nitrogens is 1. The molecule has 0 atom stereocenters. The fraction of sp³-hybridized carbons (Fsp3) is 0.667. The molecule has 0 aliphatic rings. The van der Waals surface area contributed by atoms with E-state index in [9.17, 15) is 4.79 Å². The van der Waals surface area contributed by atoms with Crippen LogP contribution in [0.25, 0.3) is 0 Å². The van der Waals surface area contributed by atoms with Crippen molar-refractivity contribution in [1.82, 2.24) is 4.98 Å². The molecule has 22 heavy (non-hydrogen) atoms. The first-order valence-corrected chi connectivity index (χ1v) is 10.4. The maximum Gasteiger partial charge on any atom is 0.258 e. The number of ketones is 1. The quantitative estimate of drug-likeness (QED) is 0.658. The fourth-order valence-electron chi connectivity index (χ4n) is 3.67. The number of pyridine rings is 1. The highest BCUT2D eigenvalue weighted by atomic mass is 28.4. The lowest BCUT2D eigenvalue weighted by Gasteiger charge is -2.42. The molecule has 124 valence electrons. The first kappa shape index (κ1) is 18.9. The third kappa shape index (κ3) is 4.19. The highest BCUT2D eigenvalue weighted by Gasteiger charge is 2.47. The minimum atomic E-state index is -1.97. The van der Waals surface area contributed by atoms with Crippen molar-refractivity contribution in [3.8, 4) is 5.75 Å². The zero-order chi connectivity index (χ0) is 17.1. The summed E-state index contributed by atoms with van der Waals surface area (Å²) in [6.45, 7) is 17.2. The average molecular weight is 322 g/mol.